The molecule has 0 atom stereocenters. The Balaban J connectivity index is 2.41. The highest BCUT2D eigenvalue weighted by molar-refractivity contribution is 6.80. The van der Waals surface area contributed by atoms with E-state index in [1.807, 2.05) is 0 Å². The molecule has 1 radical (unpaired) electrons. The number of hydrogen-bond donors (Lipinski definition) is 0. The summed E-state index contributed by atoms with van der Waals surface area (Å²) >= 11 is 0. The smallest absolute Gasteiger partial charge is 0.0521 e. The predicted molar refractivity (Wildman–Crippen MR) is 49.5 cm³/mol. The van der Waals surface area contributed by atoms with Gasteiger partial charge >= 0.3 is 0 Å². The molecule has 0 heterocycles. The molecule has 0 saturated heterocycles. The van der Waals surface area contributed by atoms with Crippen LogP contribution in [0.1, 0.15) is 6.42 Å². The SMILES string of the molecule is C[Si](C)(C)[CH]C1=CC=CC1. The Bertz CT molecular complexity index is 170. The highest BCUT2D eigenvalue weighted by Crippen LogP contribution is 2.19. The molecule has 0 aliphatic heterocycles. The molecule has 0 nitrogen and oxygen atoms in total. The molecule has 1 rings (SSSR count). The lowest BCUT2D eigenvalue weighted by atomic mass is 10.3. The lowest BCUT2D eigenvalue weighted by Gasteiger charge is -2.15. The zero-order chi connectivity index (χ0) is 7.61. The van der Waals surface area contributed by atoms with Gasteiger partial charge in [-0.2, -0.15) is 0 Å². The quantitative estimate of drug-likeness (QED) is 0.532. The van der Waals surface area contributed by atoms with E-state index in [1.54, 1.807) is 0 Å². The number of allylic oxidation sites excluding steroid dienone is 4. The number of hydrogen-bond acceptors (Lipinski definition) is 0. The average Bonchev–Trinajstić information content (AvgIpc) is 2.12. The molecule has 10 heavy (non-hydrogen) atoms. The monoisotopic (exact) mass is 151 g/mol. The van der Waals surface area contributed by atoms with Crippen molar-refractivity contribution in [2.45, 2.75) is 26.1 Å². The first kappa shape index (κ1) is 7.80. The van der Waals surface area contributed by atoms with Crippen LogP contribution in [-0.4, -0.2) is 8.07 Å². The van der Waals surface area contributed by atoms with Crippen LogP contribution in [0, 0.1) is 6.04 Å². The van der Waals surface area contributed by atoms with E-state index in [9.17, 15) is 0 Å². The topological polar surface area (TPSA) is 0 Å². The lowest BCUT2D eigenvalue weighted by molar-refractivity contribution is 1.30. The van der Waals surface area contributed by atoms with Crippen molar-refractivity contribution < 1.29 is 0 Å². The third-order valence-corrected chi connectivity index (χ3v) is 2.66. The average molecular weight is 151 g/mol. The third-order valence-electron chi connectivity index (χ3n) is 1.42. The first-order valence-electron chi connectivity index (χ1n) is 3.79. The second kappa shape index (κ2) is 2.75. The summed E-state index contributed by atoms with van der Waals surface area (Å²) in [6, 6.07) is 2.47. The Morgan fingerprint density at radius 2 is 2.10 bits per heavy atom. The van der Waals surface area contributed by atoms with Crippen molar-refractivity contribution in [2.24, 2.45) is 0 Å². The van der Waals surface area contributed by atoms with Crippen LogP contribution in [0.25, 0.3) is 0 Å². The fraction of sp³-hybridized carbons (Fsp3) is 0.444. The first-order valence-corrected chi connectivity index (χ1v) is 7.37. The van der Waals surface area contributed by atoms with Crippen molar-refractivity contribution in [2.75, 3.05) is 0 Å². The highest BCUT2D eigenvalue weighted by Gasteiger charge is 2.15. The molecule has 0 N–H and O–H groups in total. The summed E-state index contributed by atoms with van der Waals surface area (Å²) in [5.41, 5.74) is 1.51. The van der Waals surface area contributed by atoms with Crippen LogP contribution >= 0.6 is 0 Å². The predicted octanol–water partition coefficient (Wildman–Crippen LogP) is 2.95. The zero-order valence-corrected chi connectivity index (χ0v) is 8.02. The van der Waals surface area contributed by atoms with Gasteiger partial charge in [-0.15, -0.1) is 0 Å². The molecule has 0 saturated carbocycles. The molecule has 0 aromatic rings. The van der Waals surface area contributed by atoms with Gasteiger partial charge in [0.05, 0.1) is 8.07 Å². The van der Waals surface area contributed by atoms with Gasteiger partial charge in [0.25, 0.3) is 0 Å². The summed E-state index contributed by atoms with van der Waals surface area (Å²) in [5.74, 6) is 0. The molecule has 0 fully saturated rings. The van der Waals surface area contributed by atoms with Gasteiger partial charge < -0.3 is 0 Å². The molecule has 1 aliphatic rings. The van der Waals surface area contributed by atoms with E-state index in [0.717, 1.165) is 6.42 Å². The van der Waals surface area contributed by atoms with Gasteiger partial charge in [-0.1, -0.05) is 43.4 Å². The van der Waals surface area contributed by atoms with E-state index < -0.39 is 8.07 Å². The molecule has 1 heteroatoms. The van der Waals surface area contributed by atoms with Crippen LogP contribution in [0.4, 0.5) is 0 Å². The van der Waals surface area contributed by atoms with Gasteiger partial charge in [-0.3, -0.25) is 0 Å². The van der Waals surface area contributed by atoms with Crippen LogP contribution in [0.5, 0.6) is 0 Å². The van der Waals surface area contributed by atoms with Crippen LogP contribution in [0.15, 0.2) is 23.8 Å². The maximum absolute atomic E-state index is 2.47. The zero-order valence-electron chi connectivity index (χ0n) is 7.02. The minimum Gasteiger partial charge on any atom is -0.0805 e. The van der Waals surface area contributed by atoms with Crippen molar-refractivity contribution in [1.82, 2.24) is 0 Å². The standard InChI is InChI=1S/C9H15Si/c1-10(2,3)8-9-6-4-5-7-9/h4-6,8H,7H2,1-3H3. The second-order valence-electron chi connectivity index (χ2n) is 3.88. The van der Waals surface area contributed by atoms with Crippen LogP contribution in [0.3, 0.4) is 0 Å². The molecular weight excluding hydrogens is 136 g/mol. The Hall–Kier alpha value is -0.303. The van der Waals surface area contributed by atoms with Gasteiger partial charge in [0, 0.05) is 0 Å². The summed E-state index contributed by atoms with van der Waals surface area (Å²) in [7, 11) is -0.956. The van der Waals surface area contributed by atoms with Crippen LogP contribution < -0.4 is 0 Å². The van der Waals surface area contributed by atoms with Crippen molar-refractivity contribution in [3.8, 4) is 0 Å². The summed E-state index contributed by atoms with van der Waals surface area (Å²) in [4.78, 5) is 0. The van der Waals surface area contributed by atoms with Crippen molar-refractivity contribution >= 4 is 8.07 Å². The fourth-order valence-corrected chi connectivity index (χ4v) is 2.45. The molecule has 0 spiro atoms. The van der Waals surface area contributed by atoms with Gasteiger partial charge in [0.15, 0.2) is 0 Å². The van der Waals surface area contributed by atoms with E-state index in [0.29, 0.717) is 0 Å². The third kappa shape index (κ3) is 2.52. The molecule has 0 bridgehead atoms. The molecule has 0 unspecified atom stereocenters. The Kier molecular flexibility index (Phi) is 2.14. The maximum Gasteiger partial charge on any atom is 0.0521 e. The van der Waals surface area contributed by atoms with Crippen LogP contribution in [-0.2, 0) is 0 Å². The minimum atomic E-state index is -0.956. The molecular formula is C9H15Si. The van der Waals surface area contributed by atoms with E-state index in [1.165, 1.54) is 5.57 Å². The highest BCUT2D eigenvalue weighted by atomic mass is 28.3. The fourth-order valence-electron chi connectivity index (χ4n) is 1.13. The summed E-state index contributed by atoms with van der Waals surface area (Å²) in [5, 5.41) is 0. The van der Waals surface area contributed by atoms with E-state index in [2.05, 4.69) is 43.9 Å². The minimum absolute atomic E-state index is 0.956. The molecule has 0 aromatic heterocycles. The Morgan fingerprint density at radius 3 is 2.50 bits per heavy atom. The maximum atomic E-state index is 2.47. The second-order valence-corrected chi connectivity index (χ2v) is 8.90. The van der Waals surface area contributed by atoms with Crippen molar-refractivity contribution in [3.05, 3.63) is 29.8 Å². The van der Waals surface area contributed by atoms with Gasteiger partial charge in [-0.25, -0.2) is 0 Å². The van der Waals surface area contributed by atoms with Crippen LogP contribution in [0.2, 0.25) is 19.6 Å². The lowest BCUT2D eigenvalue weighted by Crippen LogP contribution is -2.21. The summed E-state index contributed by atoms with van der Waals surface area (Å²) < 4.78 is 0. The number of rotatable bonds is 2. The van der Waals surface area contributed by atoms with Crippen molar-refractivity contribution in [1.29, 1.82) is 0 Å². The van der Waals surface area contributed by atoms with Gasteiger partial charge in [0.1, 0.15) is 0 Å². The summed E-state index contributed by atoms with van der Waals surface area (Å²) in [6.45, 7) is 7.10. The molecule has 1 aliphatic carbocycles. The molecule has 0 aromatic carbocycles. The Morgan fingerprint density at radius 1 is 1.40 bits per heavy atom. The summed E-state index contributed by atoms with van der Waals surface area (Å²) in [6.07, 6.45) is 7.74. The van der Waals surface area contributed by atoms with E-state index in [4.69, 9.17) is 0 Å². The van der Waals surface area contributed by atoms with Crippen molar-refractivity contribution in [3.63, 3.8) is 0 Å². The molecule has 55 valence electrons. The van der Waals surface area contributed by atoms with E-state index >= 15 is 0 Å². The van der Waals surface area contributed by atoms with Gasteiger partial charge in [-0.05, 0) is 12.5 Å². The Labute approximate surface area is 64.7 Å². The first-order chi connectivity index (χ1) is 4.58. The normalized spacial score (nSPS) is 17.7. The molecule has 0 amide bonds. The largest absolute Gasteiger partial charge is 0.0805 e. The van der Waals surface area contributed by atoms with Gasteiger partial charge in [0.2, 0.25) is 0 Å². The van der Waals surface area contributed by atoms with E-state index in [-0.39, 0.29) is 0 Å².